The number of aryl methyl sites for hydroxylation is 1. The largest absolute Gasteiger partial charge is 0.507 e. The molecule has 0 spiro atoms. The molecule has 138 valence electrons. The number of anilines is 1. The van der Waals surface area contributed by atoms with Crippen LogP contribution in [0.15, 0.2) is 71.4 Å². The summed E-state index contributed by atoms with van der Waals surface area (Å²) in [4.78, 5) is 27.6. The first kappa shape index (κ1) is 17.9. The molecule has 0 radical (unpaired) electrons. The standard InChI is InChI=1S/C21H15ClN4O2/c1-13-11-18(22)25-21(23-13)26-19(14-7-3-2-4-8-14)24-16(20(26)28)12-15-9-5-6-10-17(15)27/h2-12,27H,1H3/b16-12+. The Balaban J connectivity index is 1.87. The SMILES string of the molecule is Cc1cc(Cl)nc(N2C(=O)/C(=C\c3ccccc3O)N=C2c2ccccc2)n1. The molecule has 4 rings (SSSR count). The van der Waals surface area contributed by atoms with Gasteiger partial charge in [0, 0.05) is 16.8 Å². The summed E-state index contributed by atoms with van der Waals surface area (Å²) in [6.45, 7) is 1.77. The van der Waals surface area contributed by atoms with Gasteiger partial charge in [0.1, 0.15) is 16.6 Å². The molecule has 0 unspecified atom stereocenters. The number of hydrogen-bond donors (Lipinski definition) is 1. The van der Waals surface area contributed by atoms with Gasteiger partial charge < -0.3 is 5.11 Å². The van der Waals surface area contributed by atoms with Crippen molar-refractivity contribution in [3.63, 3.8) is 0 Å². The summed E-state index contributed by atoms with van der Waals surface area (Å²) in [7, 11) is 0. The number of para-hydroxylation sites is 1. The molecule has 0 saturated heterocycles. The number of aromatic hydroxyl groups is 1. The third kappa shape index (κ3) is 3.37. The first-order valence-electron chi connectivity index (χ1n) is 8.52. The molecule has 7 heteroatoms. The summed E-state index contributed by atoms with van der Waals surface area (Å²) in [6.07, 6.45) is 1.54. The number of nitrogens with zero attached hydrogens (tertiary/aromatic N) is 4. The molecule has 1 amide bonds. The minimum atomic E-state index is -0.399. The Morgan fingerprint density at radius 1 is 1.04 bits per heavy atom. The molecule has 0 bridgehead atoms. The van der Waals surface area contributed by atoms with Crippen molar-refractivity contribution in [1.82, 2.24) is 9.97 Å². The van der Waals surface area contributed by atoms with Crippen LogP contribution in [-0.4, -0.2) is 26.8 Å². The predicted octanol–water partition coefficient (Wildman–Crippen LogP) is 3.98. The quantitative estimate of drug-likeness (QED) is 0.542. The molecule has 6 nitrogen and oxygen atoms in total. The number of carbonyl (C=O) groups is 1. The van der Waals surface area contributed by atoms with Gasteiger partial charge in [-0.05, 0) is 25.1 Å². The Labute approximate surface area is 166 Å². The maximum absolute atomic E-state index is 13.2. The summed E-state index contributed by atoms with van der Waals surface area (Å²) < 4.78 is 0. The van der Waals surface area contributed by atoms with E-state index in [4.69, 9.17) is 11.6 Å². The Morgan fingerprint density at radius 3 is 2.46 bits per heavy atom. The molecule has 1 aromatic heterocycles. The zero-order valence-electron chi connectivity index (χ0n) is 14.9. The fraction of sp³-hybridized carbons (Fsp3) is 0.0476. The molecule has 1 aliphatic rings. The number of benzene rings is 2. The van der Waals surface area contributed by atoms with E-state index >= 15 is 0 Å². The first-order valence-corrected chi connectivity index (χ1v) is 8.90. The fourth-order valence-corrected chi connectivity index (χ4v) is 3.09. The Bertz CT molecular complexity index is 1110. The number of carbonyl (C=O) groups excluding carboxylic acids is 1. The van der Waals surface area contributed by atoms with Crippen molar-refractivity contribution in [2.24, 2.45) is 4.99 Å². The van der Waals surface area contributed by atoms with Gasteiger partial charge in [-0.1, -0.05) is 60.1 Å². The minimum absolute atomic E-state index is 0.0626. The van der Waals surface area contributed by atoms with Gasteiger partial charge in [-0.3, -0.25) is 4.79 Å². The van der Waals surface area contributed by atoms with Crippen LogP contribution >= 0.6 is 11.6 Å². The summed E-state index contributed by atoms with van der Waals surface area (Å²) in [5.41, 5.74) is 2.03. The lowest BCUT2D eigenvalue weighted by Gasteiger charge is -2.16. The molecule has 28 heavy (non-hydrogen) atoms. The van der Waals surface area contributed by atoms with Gasteiger partial charge in [-0.25, -0.2) is 19.9 Å². The Kier molecular flexibility index (Phi) is 4.63. The van der Waals surface area contributed by atoms with Crippen LogP contribution in [0.4, 0.5) is 5.95 Å². The number of phenolic OH excluding ortho intramolecular Hbond substituents is 1. The molecule has 0 fully saturated rings. The van der Waals surface area contributed by atoms with Crippen LogP contribution in [-0.2, 0) is 4.79 Å². The first-order chi connectivity index (χ1) is 13.5. The molecular weight excluding hydrogens is 376 g/mol. The van der Waals surface area contributed by atoms with E-state index < -0.39 is 5.91 Å². The van der Waals surface area contributed by atoms with Gasteiger partial charge in [-0.2, -0.15) is 0 Å². The number of rotatable bonds is 3. The van der Waals surface area contributed by atoms with Crippen molar-refractivity contribution in [2.75, 3.05) is 4.90 Å². The number of aliphatic imine (C=N–C) groups is 1. The van der Waals surface area contributed by atoms with Gasteiger partial charge in [0.05, 0.1) is 0 Å². The molecule has 2 heterocycles. The summed E-state index contributed by atoms with van der Waals surface area (Å²) >= 11 is 6.08. The van der Waals surface area contributed by atoms with Gasteiger partial charge in [0.15, 0.2) is 5.84 Å². The van der Waals surface area contributed by atoms with E-state index in [1.165, 1.54) is 11.0 Å². The van der Waals surface area contributed by atoms with Crippen LogP contribution in [0, 0.1) is 6.92 Å². The molecule has 0 aliphatic carbocycles. The van der Waals surface area contributed by atoms with E-state index in [1.54, 1.807) is 37.3 Å². The number of hydrogen-bond acceptors (Lipinski definition) is 5. The number of amides is 1. The lowest BCUT2D eigenvalue weighted by atomic mass is 10.1. The van der Waals surface area contributed by atoms with Crippen molar-refractivity contribution in [1.29, 1.82) is 0 Å². The van der Waals surface area contributed by atoms with Crippen LogP contribution in [0.3, 0.4) is 0 Å². The molecule has 1 aliphatic heterocycles. The Hall–Kier alpha value is -3.51. The maximum atomic E-state index is 13.2. The van der Waals surface area contributed by atoms with Crippen LogP contribution in [0.1, 0.15) is 16.8 Å². The molecule has 0 saturated carbocycles. The summed E-state index contributed by atoms with van der Waals surface area (Å²) in [5.74, 6) is 0.212. The third-order valence-electron chi connectivity index (χ3n) is 4.13. The molecule has 0 atom stereocenters. The second-order valence-corrected chi connectivity index (χ2v) is 6.55. The number of halogens is 1. The Morgan fingerprint density at radius 2 is 1.75 bits per heavy atom. The van der Waals surface area contributed by atoms with E-state index in [1.807, 2.05) is 30.3 Å². The topological polar surface area (TPSA) is 78.7 Å². The van der Waals surface area contributed by atoms with Crippen LogP contribution in [0.25, 0.3) is 6.08 Å². The predicted molar refractivity (Wildman–Crippen MR) is 108 cm³/mol. The zero-order valence-corrected chi connectivity index (χ0v) is 15.6. The van der Waals surface area contributed by atoms with Gasteiger partial charge >= 0.3 is 0 Å². The third-order valence-corrected chi connectivity index (χ3v) is 4.33. The molecule has 2 aromatic carbocycles. The highest BCUT2D eigenvalue weighted by atomic mass is 35.5. The fourth-order valence-electron chi connectivity index (χ4n) is 2.86. The average Bonchev–Trinajstić information content (AvgIpc) is 3.00. The smallest absolute Gasteiger partial charge is 0.285 e. The van der Waals surface area contributed by atoms with E-state index in [0.717, 1.165) is 5.56 Å². The lowest BCUT2D eigenvalue weighted by Crippen LogP contribution is -2.34. The highest BCUT2D eigenvalue weighted by Gasteiger charge is 2.34. The second-order valence-electron chi connectivity index (χ2n) is 6.16. The molecule has 3 aromatic rings. The van der Waals surface area contributed by atoms with E-state index in [2.05, 4.69) is 15.0 Å². The van der Waals surface area contributed by atoms with Crippen molar-refractivity contribution in [3.05, 3.63) is 88.3 Å². The van der Waals surface area contributed by atoms with Crippen molar-refractivity contribution in [2.45, 2.75) is 6.92 Å². The molecular formula is C21H15ClN4O2. The average molecular weight is 391 g/mol. The highest BCUT2D eigenvalue weighted by Crippen LogP contribution is 2.28. The van der Waals surface area contributed by atoms with Gasteiger partial charge in [0.2, 0.25) is 5.95 Å². The lowest BCUT2D eigenvalue weighted by molar-refractivity contribution is -0.113. The van der Waals surface area contributed by atoms with Gasteiger partial charge in [0.25, 0.3) is 5.91 Å². The van der Waals surface area contributed by atoms with Crippen molar-refractivity contribution >= 4 is 35.4 Å². The van der Waals surface area contributed by atoms with Gasteiger partial charge in [-0.15, -0.1) is 0 Å². The summed E-state index contributed by atoms with van der Waals surface area (Å²) in [5, 5.41) is 10.3. The summed E-state index contributed by atoms with van der Waals surface area (Å²) in [6, 6.07) is 17.6. The van der Waals surface area contributed by atoms with E-state index in [0.29, 0.717) is 17.1 Å². The number of aromatic nitrogens is 2. The number of phenols is 1. The molecule has 1 N–H and O–H groups in total. The van der Waals surface area contributed by atoms with Crippen LogP contribution < -0.4 is 4.90 Å². The van der Waals surface area contributed by atoms with Crippen molar-refractivity contribution in [3.8, 4) is 5.75 Å². The normalized spacial score (nSPS) is 15.2. The van der Waals surface area contributed by atoms with E-state index in [9.17, 15) is 9.90 Å². The number of amidine groups is 1. The van der Waals surface area contributed by atoms with Crippen LogP contribution in [0.2, 0.25) is 5.15 Å². The highest BCUT2D eigenvalue weighted by molar-refractivity contribution is 6.33. The maximum Gasteiger partial charge on any atom is 0.285 e. The zero-order chi connectivity index (χ0) is 19.7. The van der Waals surface area contributed by atoms with Crippen LogP contribution in [0.5, 0.6) is 5.75 Å². The van der Waals surface area contributed by atoms with Crippen molar-refractivity contribution < 1.29 is 9.90 Å². The van der Waals surface area contributed by atoms with E-state index in [-0.39, 0.29) is 22.5 Å². The monoisotopic (exact) mass is 390 g/mol. The second kappa shape index (κ2) is 7.25. The minimum Gasteiger partial charge on any atom is -0.507 e.